The molecule has 0 saturated carbocycles. The van der Waals surface area contributed by atoms with Crippen molar-refractivity contribution in [2.75, 3.05) is 24.3 Å². The highest BCUT2D eigenvalue weighted by molar-refractivity contribution is 5.83. The van der Waals surface area contributed by atoms with Crippen molar-refractivity contribution in [2.45, 2.75) is 6.04 Å². The standard InChI is InChI=1S/C17H18N4O/c1-21(17-9-8-16(18)19-20-17)15(11-22)14-7-6-12-4-2-3-5-13(12)10-14/h2-10,15,22H,11H2,1H3,(H2,18,19). The van der Waals surface area contributed by atoms with E-state index in [1.54, 1.807) is 12.1 Å². The average molecular weight is 294 g/mol. The Morgan fingerprint density at radius 3 is 2.50 bits per heavy atom. The van der Waals surface area contributed by atoms with Gasteiger partial charge >= 0.3 is 0 Å². The van der Waals surface area contributed by atoms with E-state index < -0.39 is 0 Å². The number of benzene rings is 2. The van der Waals surface area contributed by atoms with Gasteiger partial charge in [0.05, 0.1) is 12.6 Å². The fourth-order valence-corrected chi connectivity index (χ4v) is 2.55. The maximum atomic E-state index is 9.82. The molecule has 3 rings (SSSR count). The minimum absolute atomic E-state index is 0.0130. The molecular weight excluding hydrogens is 276 g/mol. The first-order valence-electron chi connectivity index (χ1n) is 7.10. The minimum Gasteiger partial charge on any atom is -0.394 e. The number of nitrogens with two attached hydrogens (primary N) is 1. The lowest BCUT2D eigenvalue weighted by atomic mass is 10.0. The Kier molecular flexibility index (Phi) is 3.89. The lowest BCUT2D eigenvalue weighted by Gasteiger charge is -2.27. The van der Waals surface area contributed by atoms with E-state index in [-0.39, 0.29) is 12.6 Å². The molecule has 5 heteroatoms. The molecule has 1 unspecified atom stereocenters. The van der Waals surface area contributed by atoms with E-state index in [1.165, 1.54) is 5.39 Å². The van der Waals surface area contributed by atoms with Gasteiger partial charge in [0, 0.05) is 7.05 Å². The van der Waals surface area contributed by atoms with Gasteiger partial charge in [0.15, 0.2) is 5.82 Å². The van der Waals surface area contributed by atoms with Gasteiger partial charge in [-0.25, -0.2) is 0 Å². The van der Waals surface area contributed by atoms with Crippen LogP contribution in [0.3, 0.4) is 0 Å². The van der Waals surface area contributed by atoms with E-state index in [2.05, 4.69) is 34.5 Å². The summed E-state index contributed by atoms with van der Waals surface area (Å²) < 4.78 is 0. The second-order valence-electron chi connectivity index (χ2n) is 5.23. The van der Waals surface area contributed by atoms with Gasteiger partial charge in [0.25, 0.3) is 0 Å². The van der Waals surface area contributed by atoms with Crippen LogP contribution in [0.25, 0.3) is 10.8 Å². The highest BCUT2D eigenvalue weighted by Gasteiger charge is 2.18. The van der Waals surface area contributed by atoms with Crippen LogP contribution >= 0.6 is 0 Å². The van der Waals surface area contributed by atoms with E-state index in [0.717, 1.165) is 10.9 Å². The molecule has 0 fully saturated rings. The number of nitrogen functional groups attached to an aromatic ring is 1. The summed E-state index contributed by atoms with van der Waals surface area (Å²) in [6.45, 7) is -0.0130. The number of nitrogens with zero attached hydrogens (tertiary/aromatic N) is 3. The van der Waals surface area contributed by atoms with Gasteiger partial charge in [-0.2, -0.15) is 0 Å². The molecule has 112 valence electrons. The van der Waals surface area contributed by atoms with Crippen molar-refractivity contribution in [2.24, 2.45) is 0 Å². The molecule has 5 nitrogen and oxygen atoms in total. The monoisotopic (exact) mass is 294 g/mol. The van der Waals surface area contributed by atoms with Gasteiger partial charge in [0.1, 0.15) is 5.82 Å². The summed E-state index contributed by atoms with van der Waals surface area (Å²) in [5.74, 6) is 1.05. The highest BCUT2D eigenvalue weighted by atomic mass is 16.3. The molecule has 1 atom stereocenters. The number of aromatic nitrogens is 2. The number of hydrogen-bond donors (Lipinski definition) is 2. The number of aliphatic hydroxyl groups is 1. The van der Waals surface area contributed by atoms with E-state index in [9.17, 15) is 5.11 Å². The number of fused-ring (bicyclic) bond motifs is 1. The van der Waals surface area contributed by atoms with Crippen LogP contribution in [0.1, 0.15) is 11.6 Å². The number of hydrogen-bond acceptors (Lipinski definition) is 5. The minimum atomic E-state index is -0.192. The Morgan fingerprint density at radius 1 is 1.05 bits per heavy atom. The van der Waals surface area contributed by atoms with Gasteiger partial charge in [0.2, 0.25) is 0 Å². The van der Waals surface area contributed by atoms with Gasteiger partial charge in [-0.3, -0.25) is 0 Å². The van der Waals surface area contributed by atoms with Gasteiger partial charge in [-0.15, -0.1) is 10.2 Å². The zero-order chi connectivity index (χ0) is 15.5. The third kappa shape index (κ3) is 2.71. The lowest BCUT2D eigenvalue weighted by Crippen LogP contribution is -2.28. The van der Waals surface area contributed by atoms with Crippen LogP contribution in [-0.4, -0.2) is 29.0 Å². The quantitative estimate of drug-likeness (QED) is 0.772. The van der Waals surface area contributed by atoms with Crippen molar-refractivity contribution < 1.29 is 5.11 Å². The number of aliphatic hydroxyl groups excluding tert-OH is 1. The maximum Gasteiger partial charge on any atom is 0.151 e. The number of likely N-dealkylation sites (N-methyl/N-ethyl adjacent to an activating group) is 1. The molecule has 1 aromatic heterocycles. The van der Waals surface area contributed by atoms with Crippen LogP contribution in [0.4, 0.5) is 11.6 Å². The molecule has 0 spiro atoms. The summed E-state index contributed by atoms with van der Waals surface area (Å²) in [4.78, 5) is 1.90. The summed E-state index contributed by atoms with van der Waals surface area (Å²) in [5.41, 5.74) is 6.60. The van der Waals surface area contributed by atoms with Crippen LogP contribution in [-0.2, 0) is 0 Å². The maximum absolute atomic E-state index is 9.82. The Morgan fingerprint density at radius 2 is 1.82 bits per heavy atom. The van der Waals surface area contributed by atoms with Crippen molar-refractivity contribution in [3.63, 3.8) is 0 Å². The Hall–Kier alpha value is -2.66. The Bertz CT molecular complexity index is 773. The molecule has 3 N–H and O–H groups in total. The smallest absolute Gasteiger partial charge is 0.151 e. The van der Waals surface area contributed by atoms with Gasteiger partial charge in [-0.1, -0.05) is 36.4 Å². The topological polar surface area (TPSA) is 75.3 Å². The number of rotatable bonds is 4. The van der Waals surface area contributed by atoms with E-state index in [4.69, 9.17) is 5.73 Å². The molecule has 0 amide bonds. The normalized spacial score (nSPS) is 12.3. The first-order chi connectivity index (χ1) is 10.7. The van der Waals surface area contributed by atoms with Crippen molar-refractivity contribution in [3.05, 3.63) is 60.2 Å². The fourth-order valence-electron chi connectivity index (χ4n) is 2.55. The molecule has 0 bridgehead atoms. The third-order valence-electron chi connectivity index (χ3n) is 3.83. The Labute approximate surface area is 129 Å². The summed E-state index contributed by atoms with van der Waals surface area (Å²) >= 11 is 0. The van der Waals surface area contributed by atoms with Gasteiger partial charge in [-0.05, 0) is 34.5 Å². The molecule has 2 aromatic carbocycles. The summed E-state index contributed by atoms with van der Waals surface area (Å²) in [5, 5.41) is 20.1. The van der Waals surface area contributed by atoms with Crippen molar-refractivity contribution in [1.29, 1.82) is 0 Å². The molecule has 0 aliphatic rings. The lowest BCUT2D eigenvalue weighted by molar-refractivity contribution is 0.264. The highest BCUT2D eigenvalue weighted by Crippen LogP contribution is 2.26. The summed E-state index contributed by atoms with van der Waals surface area (Å²) in [6.07, 6.45) is 0. The molecule has 0 saturated heterocycles. The number of anilines is 2. The van der Waals surface area contributed by atoms with Crippen LogP contribution in [0.15, 0.2) is 54.6 Å². The van der Waals surface area contributed by atoms with Crippen LogP contribution < -0.4 is 10.6 Å². The predicted molar refractivity (Wildman–Crippen MR) is 88.6 cm³/mol. The van der Waals surface area contributed by atoms with E-state index >= 15 is 0 Å². The van der Waals surface area contributed by atoms with E-state index in [0.29, 0.717) is 11.6 Å². The van der Waals surface area contributed by atoms with Gasteiger partial charge < -0.3 is 15.7 Å². The van der Waals surface area contributed by atoms with Crippen molar-refractivity contribution in [1.82, 2.24) is 10.2 Å². The third-order valence-corrected chi connectivity index (χ3v) is 3.83. The zero-order valence-corrected chi connectivity index (χ0v) is 12.3. The molecular formula is C17H18N4O. The molecule has 0 aliphatic heterocycles. The second-order valence-corrected chi connectivity index (χ2v) is 5.23. The Balaban J connectivity index is 1.96. The molecule has 0 radical (unpaired) electrons. The van der Waals surface area contributed by atoms with Crippen molar-refractivity contribution in [3.8, 4) is 0 Å². The summed E-state index contributed by atoms with van der Waals surface area (Å²) in [6, 6.07) is 17.7. The SMILES string of the molecule is CN(c1ccc(N)nn1)C(CO)c1ccc2ccccc2c1. The zero-order valence-electron chi connectivity index (χ0n) is 12.3. The van der Waals surface area contributed by atoms with Crippen LogP contribution in [0.2, 0.25) is 0 Å². The van der Waals surface area contributed by atoms with E-state index in [1.807, 2.05) is 30.1 Å². The van der Waals surface area contributed by atoms with Crippen LogP contribution in [0, 0.1) is 0 Å². The molecule has 1 heterocycles. The molecule has 22 heavy (non-hydrogen) atoms. The largest absolute Gasteiger partial charge is 0.394 e. The first-order valence-corrected chi connectivity index (χ1v) is 7.10. The summed E-state index contributed by atoms with van der Waals surface area (Å²) in [7, 11) is 1.89. The molecule has 3 aromatic rings. The second kappa shape index (κ2) is 5.99. The molecule has 0 aliphatic carbocycles. The fraction of sp³-hybridized carbons (Fsp3) is 0.176. The first kappa shape index (κ1) is 14.3. The van der Waals surface area contributed by atoms with Crippen molar-refractivity contribution >= 4 is 22.4 Å². The predicted octanol–water partition coefficient (Wildman–Crippen LogP) is 2.38. The van der Waals surface area contributed by atoms with Crippen LogP contribution in [0.5, 0.6) is 0 Å². The average Bonchev–Trinajstić information content (AvgIpc) is 2.56.